The lowest BCUT2D eigenvalue weighted by atomic mass is 9.92. The van der Waals surface area contributed by atoms with Crippen molar-refractivity contribution in [1.29, 1.82) is 0 Å². The van der Waals surface area contributed by atoms with E-state index in [4.69, 9.17) is 11.6 Å². The van der Waals surface area contributed by atoms with Crippen LogP contribution in [0.25, 0.3) is 5.57 Å². The van der Waals surface area contributed by atoms with E-state index in [2.05, 4.69) is 31.2 Å². The SMILES string of the molecule is CCc1ccc(C2C(c3ccc(C)cc3)=C(O)C(=O)N2Cc2ccc(Cl)cc2)cc1. The quantitative estimate of drug-likeness (QED) is 0.532. The van der Waals surface area contributed by atoms with E-state index in [-0.39, 0.29) is 17.7 Å². The molecule has 1 atom stereocenters. The van der Waals surface area contributed by atoms with Crippen LogP contribution >= 0.6 is 11.6 Å². The molecule has 0 saturated carbocycles. The van der Waals surface area contributed by atoms with Crippen LogP contribution < -0.4 is 0 Å². The number of aryl methyl sites for hydroxylation is 2. The molecule has 3 nitrogen and oxygen atoms in total. The lowest BCUT2D eigenvalue weighted by molar-refractivity contribution is -0.130. The summed E-state index contributed by atoms with van der Waals surface area (Å²) in [6, 6.07) is 23.3. The van der Waals surface area contributed by atoms with Crippen LogP contribution in [0.15, 0.2) is 78.6 Å². The van der Waals surface area contributed by atoms with Crippen molar-refractivity contribution in [2.75, 3.05) is 0 Å². The smallest absolute Gasteiger partial charge is 0.290 e. The Morgan fingerprint density at radius 2 is 1.50 bits per heavy atom. The Bertz CT molecular complexity index is 1080. The fraction of sp³-hybridized carbons (Fsp3) is 0.192. The highest BCUT2D eigenvalue weighted by atomic mass is 35.5. The van der Waals surface area contributed by atoms with Crippen LogP contribution in [0, 0.1) is 6.92 Å². The van der Waals surface area contributed by atoms with Crippen molar-refractivity contribution in [3.63, 3.8) is 0 Å². The summed E-state index contributed by atoms with van der Waals surface area (Å²) in [4.78, 5) is 14.9. The van der Waals surface area contributed by atoms with Gasteiger partial charge in [0.05, 0.1) is 6.04 Å². The number of benzene rings is 3. The maximum atomic E-state index is 13.1. The summed E-state index contributed by atoms with van der Waals surface area (Å²) in [5.41, 5.74) is 5.81. The second kappa shape index (κ2) is 8.37. The van der Waals surface area contributed by atoms with Gasteiger partial charge < -0.3 is 10.0 Å². The number of nitrogens with zero attached hydrogens (tertiary/aromatic N) is 1. The van der Waals surface area contributed by atoms with E-state index >= 15 is 0 Å². The Labute approximate surface area is 182 Å². The highest BCUT2D eigenvalue weighted by Crippen LogP contribution is 2.43. The Morgan fingerprint density at radius 1 is 0.900 bits per heavy atom. The second-order valence-electron chi connectivity index (χ2n) is 7.69. The van der Waals surface area contributed by atoms with Crippen LogP contribution in [0.5, 0.6) is 0 Å². The lowest BCUT2D eigenvalue weighted by Gasteiger charge is -2.28. The number of amides is 1. The van der Waals surface area contributed by atoms with Gasteiger partial charge in [-0.05, 0) is 47.7 Å². The van der Waals surface area contributed by atoms with Crippen molar-refractivity contribution in [2.24, 2.45) is 0 Å². The average molecular weight is 418 g/mol. The fourth-order valence-corrected chi connectivity index (χ4v) is 4.04. The van der Waals surface area contributed by atoms with Gasteiger partial charge in [0.2, 0.25) is 0 Å². The van der Waals surface area contributed by atoms with E-state index in [0.29, 0.717) is 17.1 Å². The molecule has 0 fully saturated rings. The zero-order valence-corrected chi connectivity index (χ0v) is 17.9. The van der Waals surface area contributed by atoms with Crippen molar-refractivity contribution in [2.45, 2.75) is 32.9 Å². The lowest BCUT2D eigenvalue weighted by Crippen LogP contribution is -2.29. The molecule has 1 unspecified atom stereocenters. The third-order valence-corrected chi connectivity index (χ3v) is 5.89. The van der Waals surface area contributed by atoms with Gasteiger partial charge in [-0.2, -0.15) is 0 Å². The fourth-order valence-electron chi connectivity index (χ4n) is 3.91. The molecule has 152 valence electrons. The van der Waals surface area contributed by atoms with E-state index in [0.717, 1.165) is 28.7 Å². The Hall–Kier alpha value is -3.04. The molecule has 0 aromatic heterocycles. The third kappa shape index (κ3) is 3.86. The van der Waals surface area contributed by atoms with E-state index in [1.54, 1.807) is 4.90 Å². The second-order valence-corrected chi connectivity index (χ2v) is 8.12. The number of carbonyl (C=O) groups excluding carboxylic acids is 1. The van der Waals surface area contributed by atoms with Crippen LogP contribution in [-0.4, -0.2) is 15.9 Å². The molecule has 3 aromatic carbocycles. The van der Waals surface area contributed by atoms with E-state index in [1.807, 2.05) is 55.5 Å². The van der Waals surface area contributed by atoms with Gasteiger partial charge in [-0.1, -0.05) is 84.8 Å². The molecule has 3 aromatic rings. The predicted octanol–water partition coefficient (Wildman–Crippen LogP) is 6.26. The molecule has 0 saturated heterocycles. The van der Waals surface area contributed by atoms with E-state index in [9.17, 15) is 9.90 Å². The van der Waals surface area contributed by atoms with Crippen molar-refractivity contribution in [3.05, 3.63) is 111 Å². The first-order valence-corrected chi connectivity index (χ1v) is 10.5. The van der Waals surface area contributed by atoms with E-state index in [1.165, 1.54) is 5.56 Å². The van der Waals surface area contributed by atoms with Crippen LogP contribution in [0.1, 0.15) is 40.8 Å². The molecule has 1 aliphatic heterocycles. The van der Waals surface area contributed by atoms with Crippen molar-refractivity contribution >= 4 is 23.1 Å². The molecule has 0 aliphatic carbocycles. The predicted molar refractivity (Wildman–Crippen MR) is 121 cm³/mol. The normalized spacial score (nSPS) is 16.4. The zero-order valence-electron chi connectivity index (χ0n) is 17.1. The molecule has 0 radical (unpaired) electrons. The standard InChI is InChI=1S/C26H24ClNO2/c1-3-18-6-12-21(13-7-18)24-23(20-10-4-17(2)5-11-20)25(29)26(30)28(24)16-19-8-14-22(27)15-9-19/h4-15,24,29H,3,16H2,1-2H3. The molecule has 0 bridgehead atoms. The summed E-state index contributed by atoms with van der Waals surface area (Å²) in [7, 11) is 0. The van der Waals surface area contributed by atoms with Crippen molar-refractivity contribution < 1.29 is 9.90 Å². The topological polar surface area (TPSA) is 40.5 Å². The molecular formula is C26H24ClNO2. The molecule has 1 amide bonds. The molecule has 30 heavy (non-hydrogen) atoms. The summed E-state index contributed by atoms with van der Waals surface area (Å²) >= 11 is 6.02. The number of rotatable bonds is 5. The first kappa shape index (κ1) is 20.2. The Balaban J connectivity index is 1.79. The molecule has 4 heteroatoms. The summed E-state index contributed by atoms with van der Waals surface area (Å²) in [6.07, 6.45) is 0.949. The molecule has 1 N–H and O–H groups in total. The number of carbonyl (C=O) groups is 1. The number of aliphatic hydroxyl groups excluding tert-OH is 1. The zero-order chi connectivity index (χ0) is 21.3. The highest BCUT2D eigenvalue weighted by molar-refractivity contribution is 6.30. The number of halogens is 1. The van der Waals surface area contributed by atoms with Crippen LogP contribution in [0.4, 0.5) is 0 Å². The van der Waals surface area contributed by atoms with Crippen molar-refractivity contribution in [3.8, 4) is 0 Å². The first-order valence-electron chi connectivity index (χ1n) is 10.1. The van der Waals surface area contributed by atoms with Gasteiger partial charge in [-0.15, -0.1) is 0 Å². The van der Waals surface area contributed by atoms with Gasteiger partial charge in [-0.25, -0.2) is 0 Å². The Morgan fingerprint density at radius 3 is 2.10 bits per heavy atom. The number of hydrogen-bond donors (Lipinski definition) is 1. The van der Waals surface area contributed by atoms with E-state index < -0.39 is 0 Å². The van der Waals surface area contributed by atoms with Crippen LogP contribution in [0.2, 0.25) is 5.02 Å². The third-order valence-electron chi connectivity index (χ3n) is 5.64. The Kier molecular flexibility index (Phi) is 5.65. The minimum absolute atomic E-state index is 0.183. The average Bonchev–Trinajstić information content (AvgIpc) is 3.01. The summed E-state index contributed by atoms with van der Waals surface area (Å²) in [5, 5.41) is 11.5. The van der Waals surface area contributed by atoms with Gasteiger partial charge >= 0.3 is 0 Å². The van der Waals surface area contributed by atoms with Gasteiger partial charge in [-0.3, -0.25) is 4.79 Å². The van der Waals surface area contributed by atoms with Crippen LogP contribution in [-0.2, 0) is 17.8 Å². The molecule has 1 heterocycles. The maximum absolute atomic E-state index is 13.1. The van der Waals surface area contributed by atoms with Gasteiger partial charge in [0.15, 0.2) is 5.76 Å². The van der Waals surface area contributed by atoms with Crippen molar-refractivity contribution in [1.82, 2.24) is 4.90 Å². The summed E-state index contributed by atoms with van der Waals surface area (Å²) in [5.74, 6) is -0.539. The number of aliphatic hydroxyl groups is 1. The summed E-state index contributed by atoms with van der Waals surface area (Å²) in [6.45, 7) is 4.52. The van der Waals surface area contributed by atoms with Crippen LogP contribution in [0.3, 0.4) is 0 Å². The molecule has 4 rings (SSSR count). The maximum Gasteiger partial charge on any atom is 0.290 e. The first-order chi connectivity index (χ1) is 14.5. The molecule has 1 aliphatic rings. The monoisotopic (exact) mass is 417 g/mol. The number of hydrogen-bond acceptors (Lipinski definition) is 2. The van der Waals surface area contributed by atoms with Gasteiger partial charge in [0, 0.05) is 17.1 Å². The highest BCUT2D eigenvalue weighted by Gasteiger charge is 2.40. The minimum Gasteiger partial charge on any atom is -0.503 e. The minimum atomic E-state index is -0.359. The van der Waals surface area contributed by atoms with Gasteiger partial charge in [0.25, 0.3) is 5.91 Å². The largest absolute Gasteiger partial charge is 0.503 e. The summed E-state index contributed by atoms with van der Waals surface area (Å²) < 4.78 is 0. The van der Waals surface area contributed by atoms with Gasteiger partial charge in [0.1, 0.15) is 0 Å². The molecular weight excluding hydrogens is 394 g/mol. The molecule has 0 spiro atoms.